The summed E-state index contributed by atoms with van der Waals surface area (Å²) >= 11 is 3.50. The zero-order valence-electron chi connectivity index (χ0n) is 10.4. The number of nitrogens with one attached hydrogen (secondary N) is 1. The molecule has 0 spiro atoms. The Labute approximate surface area is 117 Å². The van der Waals surface area contributed by atoms with Gasteiger partial charge in [-0.15, -0.1) is 0 Å². The number of ether oxygens (including phenoxy) is 1. The number of halogens is 1. The van der Waals surface area contributed by atoms with Crippen LogP contribution in [0, 0.1) is 5.92 Å². The van der Waals surface area contributed by atoms with Gasteiger partial charge in [0.1, 0.15) is 0 Å². The lowest BCUT2D eigenvalue weighted by atomic mass is 10.2. The van der Waals surface area contributed by atoms with E-state index in [1.54, 1.807) is 0 Å². The fourth-order valence-corrected chi connectivity index (χ4v) is 2.15. The molecule has 0 heterocycles. The maximum Gasteiger partial charge on any atom is 0.0897 e. The summed E-state index contributed by atoms with van der Waals surface area (Å²) in [6.45, 7) is 2.55. The van der Waals surface area contributed by atoms with E-state index in [4.69, 9.17) is 4.74 Å². The highest BCUT2D eigenvalue weighted by atomic mass is 79.9. The predicted octanol–water partition coefficient (Wildman–Crippen LogP) is 2.33. The number of hydrogen-bond donors (Lipinski definition) is 2. The summed E-state index contributed by atoms with van der Waals surface area (Å²) in [4.78, 5) is 0. The molecule has 1 aliphatic carbocycles. The Bertz CT molecular complexity index is 369. The zero-order valence-corrected chi connectivity index (χ0v) is 12.0. The van der Waals surface area contributed by atoms with Gasteiger partial charge in [0.05, 0.1) is 12.7 Å². The van der Waals surface area contributed by atoms with E-state index in [2.05, 4.69) is 27.3 Å². The van der Waals surface area contributed by atoms with Crippen LogP contribution in [0.5, 0.6) is 0 Å². The normalized spacial score (nSPS) is 16.8. The second kappa shape index (κ2) is 7.24. The molecule has 100 valence electrons. The van der Waals surface area contributed by atoms with Crippen molar-refractivity contribution in [2.24, 2.45) is 5.92 Å². The van der Waals surface area contributed by atoms with Crippen LogP contribution in [0.2, 0.25) is 0 Å². The summed E-state index contributed by atoms with van der Waals surface area (Å²) in [5.74, 6) is 0.755. The first kappa shape index (κ1) is 14.0. The first-order valence-electron chi connectivity index (χ1n) is 6.45. The zero-order chi connectivity index (χ0) is 12.8. The van der Waals surface area contributed by atoms with E-state index in [1.165, 1.54) is 18.4 Å². The van der Waals surface area contributed by atoms with Crippen LogP contribution in [0.4, 0.5) is 0 Å². The first-order valence-corrected chi connectivity index (χ1v) is 7.25. The predicted molar refractivity (Wildman–Crippen MR) is 75.4 cm³/mol. The Kier molecular flexibility index (Phi) is 5.63. The van der Waals surface area contributed by atoms with Gasteiger partial charge in [-0.3, -0.25) is 0 Å². The van der Waals surface area contributed by atoms with Gasteiger partial charge in [0.25, 0.3) is 0 Å². The van der Waals surface area contributed by atoms with Crippen LogP contribution in [-0.2, 0) is 11.3 Å². The van der Waals surface area contributed by atoms with Crippen LogP contribution >= 0.6 is 15.9 Å². The Balaban J connectivity index is 1.57. The summed E-state index contributed by atoms with van der Waals surface area (Å²) in [6.07, 6.45) is 2.15. The fraction of sp³-hybridized carbons (Fsp3) is 0.571. The van der Waals surface area contributed by atoms with Gasteiger partial charge in [-0.25, -0.2) is 0 Å². The first-order chi connectivity index (χ1) is 8.75. The minimum atomic E-state index is -0.425. The molecule has 1 saturated carbocycles. The maximum absolute atomic E-state index is 9.73. The Hall–Kier alpha value is -0.420. The highest BCUT2D eigenvalue weighted by molar-refractivity contribution is 9.10. The van der Waals surface area contributed by atoms with Crippen molar-refractivity contribution < 1.29 is 9.84 Å². The summed E-state index contributed by atoms with van der Waals surface area (Å²) in [6, 6.07) is 8.09. The molecule has 3 nitrogen and oxygen atoms in total. The van der Waals surface area contributed by atoms with Crippen molar-refractivity contribution in [2.75, 3.05) is 19.8 Å². The lowest BCUT2D eigenvalue weighted by molar-refractivity contribution is 0.0324. The smallest absolute Gasteiger partial charge is 0.0897 e. The van der Waals surface area contributed by atoms with Crippen LogP contribution < -0.4 is 5.32 Å². The van der Waals surface area contributed by atoms with Crippen molar-refractivity contribution >= 4 is 15.9 Å². The number of benzene rings is 1. The Morgan fingerprint density at radius 1 is 1.39 bits per heavy atom. The van der Waals surface area contributed by atoms with Crippen molar-refractivity contribution in [3.8, 4) is 0 Å². The largest absolute Gasteiger partial charge is 0.389 e. The lowest BCUT2D eigenvalue weighted by Gasteiger charge is -2.12. The topological polar surface area (TPSA) is 41.5 Å². The molecule has 1 fully saturated rings. The molecule has 18 heavy (non-hydrogen) atoms. The van der Waals surface area contributed by atoms with Gasteiger partial charge in [0, 0.05) is 24.2 Å². The molecule has 0 radical (unpaired) electrons. The van der Waals surface area contributed by atoms with E-state index < -0.39 is 6.10 Å². The molecule has 0 amide bonds. The molecule has 2 rings (SSSR count). The van der Waals surface area contributed by atoms with E-state index >= 15 is 0 Å². The van der Waals surface area contributed by atoms with Crippen molar-refractivity contribution in [1.29, 1.82) is 0 Å². The average molecular weight is 314 g/mol. The standard InChI is InChI=1S/C14H20BrNO2/c15-14-4-2-1-3-12(14)7-16-8-13(17)10-18-9-11-5-6-11/h1-4,11,13,16-17H,5-10H2. The van der Waals surface area contributed by atoms with Crippen LogP contribution in [0.25, 0.3) is 0 Å². The van der Waals surface area contributed by atoms with Gasteiger partial charge in [0.2, 0.25) is 0 Å². The number of hydrogen-bond acceptors (Lipinski definition) is 3. The number of rotatable bonds is 8. The highest BCUT2D eigenvalue weighted by Crippen LogP contribution is 2.28. The maximum atomic E-state index is 9.73. The van der Waals surface area contributed by atoms with E-state index in [0.29, 0.717) is 13.2 Å². The third-order valence-corrected chi connectivity index (χ3v) is 3.79. The molecule has 0 saturated heterocycles. The Morgan fingerprint density at radius 2 is 2.17 bits per heavy atom. The minimum absolute atomic E-state index is 0.425. The van der Waals surface area contributed by atoms with Crippen LogP contribution in [0.15, 0.2) is 28.7 Å². The van der Waals surface area contributed by atoms with Crippen molar-refractivity contribution in [3.05, 3.63) is 34.3 Å². The molecule has 0 bridgehead atoms. The van der Waals surface area contributed by atoms with Crippen molar-refractivity contribution in [3.63, 3.8) is 0 Å². The monoisotopic (exact) mass is 313 g/mol. The average Bonchev–Trinajstić information content (AvgIpc) is 3.16. The van der Waals surface area contributed by atoms with Gasteiger partial charge in [-0.2, -0.15) is 0 Å². The Morgan fingerprint density at radius 3 is 2.89 bits per heavy atom. The van der Waals surface area contributed by atoms with Crippen LogP contribution in [-0.4, -0.2) is 31.0 Å². The molecule has 2 N–H and O–H groups in total. The van der Waals surface area contributed by atoms with Crippen LogP contribution in [0.3, 0.4) is 0 Å². The molecule has 1 aromatic carbocycles. The van der Waals surface area contributed by atoms with Crippen LogP contribution in [0.1, 0.15) is 18.4 Å². The van der Waals surface area contributed by atoms with E-state index in [0.717, 1.165) is 23.5 Å². The number of aliphatic hydroxyl groups is 1. The molecule has 1 atom stereocenters. The van der Waals surface area contributed by atoms with Gasteiger partial charge < -0.3 is 15.2 Å². The third-order valence-electron chi connectivity index (χ3n) is 3.01. The molecular weight excluding hydrogens is 294 g/mol. The van der Waals surface area contributed by atoms with Crippen molar-refractivity contribution in [1.82, 2.24) is 5.32 Å². The number of aliphatic hydroxyl groups excluding tert-OH is 1. The summed E-state index contributed by atoms with van der Waals surface area (Å²) in [5, 5.41) is 13.0. The molecule has 1 unspecified atom stereocenters. The molecule has 4 heteroatoms. The van der Waals surface area contributed by atoms with E-state index in [1.807, 2.05) is 18.2 Å². The lowest BCUT2D eigenvalue weighted by Crippen LogP contribution is -2.30. The second-order valence-electron chi connectivity index (χ2n) is 4.86. The summed E-state index contributed by atoms with van der Waals surface area (Å²) in [7, 11) is 0. The summed E-state index contributed by atoms with van der Waals surface area (Å²) in [5.41, 5.74) is 1.20. The van der Waals surface area contributed by atoms with E-state index in [9.17, 15) is 5.11 Å². The van der Waals surface area contributed by atoms with E-state index in [-0.39, 0.29) is 0 Å². The fourth-order valence-electron chi connectivity index (χ4n) is 1.73. The molecular formula is C14H20BrNO2. The second-order valence-corrected chi connectivity index (χ2v) is 5.71. The van der Waals surface area contributed by atoms with Gasteiger partial charge >= 0.3 is 0 Å². The van der Waals surface area contributed by atoms with Gasteiger partial charge in [-0.1, -0.05) is 34.1 Å². The molecule has 1 aromatic rings. The molecule has 0 aliphatic heterocycles. The quantitative estimate of drug-likeness (QED) is 0.774. The molecule has 0 aromatic heterocycles. The third kappa shape index (κ3) is 5.06. The summed E-state index contributed by atoms with van der Waals surface area (Å²) < 4.78 is 6.54. The van der Waals surface area contributed by atoms with Crippen molar-refractivity contribution in [2.45, 2.75) is 25.5 Å². The van der Waals surface area contributed by atoms with Gasteiger partial charge in [-0.05, 0) is 30.4 Å². The van der Waals surface area contributed by atoms with Gasteiger partial charge in [0.15, 0.2) is 0 Å². The minimum Gasteiger partial charge on any atom is -0.389 e. The molecule has 1 aliphatic rings. The SMILES string of the molecule is OC(CNCc1ccccc1Br)COCC1CC1. The highest BCUT2D eigenvalue weighted by Gasteiger charge is 2.21.